The maximum Gasteiger partial charge on any atom is 0.0992 e. The van der Waals surface area contributed by atoms with Gasteiger partial charge in [0.2, 0.25) is 0 Å². The van der Waals surface area contributed by atoms with Crippen LogP contribution in [0.25, 0.3) is 0 Å². The molecule has 0 bridgehead atoms. The van der Waals surface area contributed by atoms with Crippen molar-refractivity contribution < 1.29 is 0 Å². The van der Waals surface area contributed by atoms with Gasteiger partial charge in [0.15, 0.2) is 0 Å². The summed E-state index contributed by atoms with van der Waals surface area (Å²) in [6.45, 7) is 0.612. The Morgan fingerprint density at radius 1 is 1.42 bits per heavy atom. The summed E-state index contributed by atoms with van der Waals surface area (Å²) in [5.41, 5.74) is 7.18. The van der Waals surface area contributed by atoms with Crippen LogP contribution in [0, 0.1) is 11.3 Å². The topological polar surface area (TPSA) is 49.8 Å². The Kier molecular flexibility index (Phi) is 3.27. The van der Waals surface area contributed by atoms with Gasteiger partial charge in [-0.15, -0.1) is 0 Å². The zero-order valence-corrected chi connectivity index (χ0v) is 8.13. The maximum atomic E-state index is 8.65. The van der Waals surface area contributed by atoms with Crippen LogP contribution in [0.3, 0.4) is 0 Å². The van der Waals surface area contributed by atoms with Gasteiger partial charge in [-0.2, -0.15) is 5.26 Å². The van der Waals surface area contributed by atoms with Crippen molar-refractivity contribution in [3.63, 3.8) is 0 Å². The van der Waals surface area contributed by atoms with Gasteiger partial charge in [0, 0.05) is 4.47 Å². The van der Waals surface area contributed by atoms with Gasteiger partial charge in [-0.3, -0.25) is 0 Å². The third-order valence-corrected chi connectivity index (χ3v) is 1.98. The third kappa shape index (κ3) is 2.33. The quantitative estimate of drug-likeness (QED) is 0.834. The van der Waals surface area contributed by atoms with Gasteiger partial charge >= 0.3 is 0 Å². The molecule has 0 aromatic heterocycles. The number of nitrogens with zero attached hydrogens (tertiary/aromatic N) is 1. The number of hydrogen-bond acceptors (Lipinski definition) is 2. The first-order valence-corrected chi connectivity index (χ1v) is 4.45. The lowest BCUT2D eigenvalue weighted by molar-refractivity contribution is 0.967. The summed E-state index contributed by atoms with van der Waals surface area (Å²) in [6.07, 6.45) is 0.814. The molecule has 0 saturated carbocycles. The minimum Gasteiger partial charge on any atom is -0.330 e. The highest BCUT2D eigenvalue weighted by Gasteiger charge is 1.97. The molecule has 0 atom stereocenters. The summed E-state index contributed by atoms with van der Waals surface area (Å²) in [5.74, 6) is 0. The lowest BCUT2D eigenvalue weighted by Crippen LogP contribution is -2.02. The van der Waals surface area contributed by atoms with E-state index in [1.807, 2.05) is 12.1 Å². The molecule has 2 N–H and O–H groups in total. The Morgan fingerprint density at radius 3 is 2.75 bits per heavy atom. The van der Waals surface area contributed by atoms with Crippen LogP contribution in [0.15, 0.2) is 22.7 Å². The number of rotatable bonds is 2. The molecule has 0 saturated heterocycles. The van der Waals surface area contributed by atoms with Crippen molar-refractivity contribution in [3.05, 3.63) is 33.8 Å². The van der Waals surface area contributed by atoms with Crippen LogP contribution < -0.4 is 5.73 Å². The van der Waals surface area contributed by atoms with E-state index in [2.05, 4.69) is 22.0 Å². The molecule has 62 valence electrons. The van der Waals surface area contributed by atoms with Crippen molar-refractivity contribution in [2.75, 3.05) is 6.54 Å². The fourth-order valence-corrected chi connectivity index (χ4v) is 1.57. The zero-order valence-electron chi connectivity index (χ0n) is 6.55. The number of nitriles is 1. The van der Waals surface area contributed by atoms with E-state index in [9.17, 15) is 0 Å². The summed E-state index contributed by atoms with van der Waals surface area (Å²) in [4.78, 5) is 0. The smallest absolute Gasteiger partial charge is 0.0992 e. The SMILES string of the molecule is N#Cc1cc(Br)cc(CCN)c1. The van der Waals surface area contributed by atoms with Crippen LogP contribution in [0.4, 0.5) is 0 Å². The fraction of sp³-hybridized carbons (Fsp3) is 0.222. The molecule has 1 aromatic rings. The monoisotopic (exact) mass is 224 g/mol. The highest BCUT2D eigenvalue weighted by molar-refractivity contribution is 9.10. The van der Waals surface area contributed by atoms with Gasteiger partial charge in [-0.25, -0.2) is 0 Å². The van der Waals surface area contributed by atoms with Crippen LogP contribution in [0.1, 0.15) is 11.1 Å². The van der Waals surface area contributed by atoms with Crippen LogP contribution in [0.5, 0.6) is 0 Å². The molecule has 2 nitrogen and oxygen atoms in total. The van der Waals surface area contributed by atoms with Crippen LogP contribution >= 0.6 is 15.9 Å². The summed E-state index contributed by atoms with van der Waals surface area (Å²) in [5, 5.41) is 8.65. The van der Waals surface area contributed by atoms with Crippen LogP contribution in [0.2, 0.25) is 0 Å². The lowest BCUT2D eigenvalue weighted by Gasteiger charge is -1.99. The molecule has 0 aliphatic rings. The molecular formula is C9H9BrN2. The second kappa shape index (κ2) is 4.24. The average Bonchev–Trinajstić information content (AvgIpc) is 2.04. The number of halogens is 1. The molecule has 0 radical (unpaired) electrons. The third-order valence-electron chi connectivity index (χ3n) is 1.52. The predicted molar refractivity (Wildman–Crippen MR) is 51.6 cm³/mol. The molecule has 0 aliphatic carbocycles. The van der Waals surface area contributed by atoms with Crippen molar-refractivity contribution in [3.8, 4) is 6.07 Å². The van der Waals surface area contributed by atoms with Gasteiger partial charge in [-0.05, 0) is 36.7 Å². The largest absolute Gasteiger partial charge is 0.330 e. The van der Waals surface area contributed by atoms with Gasteiger partial charge in [0.05, 0.1) is 11.6 Å². The lowest BCUT2D eigenvalue weighted by atomic mass is 10.1. The first-order valence-electron chi connectivity index (χ1n) is 3.66. The maximum absolute atomic E-state index is 8.65. The Morgan fingerprint density at radius 2 is 2.17 bits per heavy atom. The molecule has 0 amide bonds. The Labute approximate surface area is 80.1 Å². The number of benzene rings is 1. The van der Waals surface area contributed by atoms with Crippen molar-refractivity contribution in [1.82, 2.24) is 0 Å². The van der Waals surface area contributed by atoms with E-state index < -0.39 is 0 Å². The zero-order chi connectivity index (χ0) is 8.97. The molecule has 1 aromatic carbocycles. The normalized spacial score (nSPS) is 9.42. The summed E-state index contributed by atoms with van der Waals surface area (Å²) >= 11 is 3.33. The fourth-order valence-electron chi connectivity index (χ4n) is 1.03. The van der Waals surface area contributed by atoms with Crippen LogP contribution in [-0.2, 0) is 6.42 Å². The minimum atomic E-state index is 0.612. The van der Waals surface area contributed by atoms with E-state index in [1.54, 1.807) is 6.07 Å². The molecule has 0 heterocycles. The molecule has 0 spiro atoms. The van der Waals surface area contributed by atoms with Gasteiger partial charge in [-0.1, -0.05) is 15.9 Å². The Balaban J connectivity index is 3.00. The van der Waals surface area contributed by atoms with Gasteiger partial charge in [0.25, 0.3) is 0 Å². The second-order valence-electron chi connectivity index (χ2n) is 2.50. The molecule has 0 aliphatic heterocycles. The Hall–Kier alpha value is -0.850. The van der Waals surface area contributed by atoms with E-state index in [0.717, 1.165) is 16.5 Å². The van der Waals surface area contributed by atoms with E-state index in [-0.39, 0.29) is 0 Å². The van der Waals surface area contributed by atoms with Crippen molar-refractivity contribution >= 4 is 15.9 Å². The van der Waals surface area contributed by atoms with E-state index >= 15 is 0 Å². The molecule has 0 fully saturated rings. The van der Waals surface area contributed by atoms with Crippen molar-refractivity contribution in [2.24, 2.45) is 5.73 Å². The average molecular weight is 225 g/mol. The van der Waals surface area contributed by atoms with E-state index in [4.69, 9.17) is 11.0 Å². The first kappa shape index (κ1) is 9.24. The first-order chi connectivity index (χ1) is 5.76. The molecular weight excluding hydrogens is 216 g/mol. The van der Waals surface area contributed by atoms with E-state index in [0.29, 0.717) is 12.1 Å². The standard InChI is InChI=1S/C9H9BrN2/c10-9-4-7(1-2-11)3-8(5-9)6-12/h3-5H,1-2,11H2. The molecule has 1 rings (SSSR count). The highest BCUT2D eigenvalue weighted by atomic mass is 79.9. The molecule has 0 unspecified atom stereocenters. The van der Waals surface area contributed by atoms with Gasteiger partial charge < -0.3 is 5.73 Å². The Bertz CT molecular complexity index is 315. The van der Waals surface area contributed by atoms with Crippen molar-refractivity contribution in [1.29, 1.82) is 5.26 Å². The van der Waals surface area contributed by atoms with Gasteiger partial charge in [0.1, 0.15) is 0 Å². The number of hydrogen-bond donors (Lipinski definition) is 1. The van der Waals surface area contributed by atoms with Crippen molar-refractivity contribution in [2.45, 2.75) is 6.42 Å². The summed E-state index contributed by atoms with van der Waals surface area (Å²) in [7, 11) is 0. The van der Waals surface area contributed by atoms with Crippen LogP contribution in [-0.4, -0.2) is 6.54 Å². The van der Waals surface area contributed by atoms with E-state index in [1.165, 1.54) is 0 Å². The predicted octanol–water partition coefficient (Wildman–Crippen LogP) is 1.82. The minimum absolute atomic E-state index is 0.612. The molecule has 12 heavy (non-hydrogen) atoms. The number of nitrogens with two attached hydrogens (primary N) is 1. The summed E-state index contributed by atoms with van der Waals surface area (Å²) < 4.78 is 0.935. The summed E-state index contributed by atoms with van der Waals surface area (Å²) in [6, 6.07) is 7.73. The highest BCUT2D eigenvalue weighted by Crippen LogP contribution is 2.15. The second-order valence-corrected chi connectivity index (χ2v) is 3.41. The molecule has 3 heteroatoms.